The second-order valence-electron chi connectivity index (χ2n) is 6.70. The Labute approximate surface area is 179 Å². The number of carbonyl (C=O) groups excluding carboxylic acids is 1. The lowest BCUT2D eigenvalue weighted by Gasteiger charge is -2.22. The van der Waals surface area contributed by atoms with E-state index in [0.717, 1.165) is 22.6 Å². The van der Waals surface area contributed by atoms with E-state index in [1.807, 2.05) is 48.5 Å². The molecule has 0 bridgehead atoms. The zero-order chi connectivity index (χ0) is 20.4. The fraction of sp³-hybridized carbons (Fsp3) is 0.130. The normalized spacial score (nSPS) is 15.9. The maximum Gasteiger partial charge on any atom is 0.274 e. The van der Waals surface area contributed by atoms with Crippen molar-refractivity contribution in [2.75, 3.05) is 7.11 Å². The Morgan fingerprint density at radius 2 is 1.52 bits per heavy atom. The minimum atomic E-state index is -0.213. The maximum absolute atomic E-state index is 13.2. The molecule has 3 aromatic rings. The third-order valence-electron chi connectivity index (χ3n) is 4.89. The molecule has 1 aliphatic heterocycles. The molecule has 4 nitrogen and oxygen atoms in total. The molecule has 0 N–H and O–H groups in total. The van der Waals surface area contributed by atoms with E-state index in [-0.39, 0.29) is 11.9 Å². The van der Waals surface area contributed by atoms with Gasteiger partial charge in [-0.15, -0.1) is 0 Å². The Kier molecular flexibility index (Phi) is 5.56. The molecule has 6 heteroatoms. The van der Waals surface area contributed by atoms with E-state index >= 15 is 0 Å². The number of benzene rings is 3. The molecule has 0 saturated carbocycles. The summed E-state index contributed by atoms with van der Waals surface area (Å²) in [5, 5.41) is 7.47. The molecule has 4 rings (SSSR count). The number of nitrogens with zero attached hydrogens (tertiary/aromatic N) is 2. The number of rotatable bonds is 4. The Balaban J connectivity index is 1.71. The average molecular weight is 425 g/mol. The molecule has 0 unspecified atom stereocenters. The van der Waals surface area contributed by atoms with Crippen molar-refractivity contribution in [3.63, 3.8) is 0 Å². The SMILES string of the molecule is COc1ccc([C@@H]2CC(c3ccc(Cl)cc3)=NN2C(=O)c2ccc(Cl)cc2)cc1. The lowest BCUT2D eigenvalue weighted by molar-refractivity contribution is 0.0711. The van der Waals surface area contributed by atoms with Crippen LogP contribution in [-0.4, -0.2) is 23.7 Å². The van der Waals surface area contributed by atoms with Gasteiger partial charge in [0, 0.05) is 22.0 Å². The summed E-state index contributed by atoms with van der Waals surface area (Å²) >= 11 is 12.0. The predicted octanol–water partition coefficient (Wildman–Crippen LogP) is 5.99. The quantitative estimate of drug-likeness (QED) is 0.515. The van der Waals surface area contributed by atoms with Crippen molar-refractivity contribution < 1.29 is 9.53 Å². The molecule has 1 atom stereocenters. The van der Waals surface area contributed by atoms with E-state index in [1.54, 1.807) is 36.4 Å². The van der Waals surface area contributed by atoms with Crippen molar-refractivity contribution in [1.29, 1.82) is 0 Å². The molecule has 29 heavy (non-hydrogen) atoms. The second kappa shape index (κ2) is 8.27. The minimum absolute atomic E-state index is 0.175. The number of ether oxygens (including phenoxy) is 1. The molecule has 3 aromatic carbocycles. The first-order valence-electron chi connectivity index (χ1n) is 9.11. The zero-order valence-corrected chi connectivity index (χ0v) is 17.2. The molecule has 0 fully saturated rings. The van der Waals surface area contributed by atoms with Crippen molar-refractivity contribution in [1.82, 2.24) is 5.01 Å². The predicted molar refractivity (Wildman–Crippen MR) is 116 cm³/mol. The van der Waals surface area contributed by atoms with Crippen molar-refractivity contribution in [2.24, 2.45) is 5.10 Å². The molecule has 0 saturated heterocycles. The van der Waals surface area contributed by atoms with Gasteiger partial charge in [-0.2, -0.15) is 5.10 Å². The van der Waals surface area contributed by atoms with Gasteiger partial charge in [-0.3, -0.25) is 4.79 Å². The van der Waals surface area contributed by atoms with E-state index in [0.29, 0.717) is 22.0 Å². The fourth-order valence-corrected chi connectivity index (χ4v) is 3.58. The highest BCUT2D eigenvalue weighted by Gasteiger charge is 2.33. The maximum atomic E-state index is 13.2. The fourth-order valence-electron chi connectivity index (χ4n) is 3.32. The van der Waals surface area contributed by atoms with Crippen LogP contribution in [0.4, 0.5) is 0 Å². The molecule has 1 aliphatic rings. The lowest BCUT2D eigenvalue weighted by atomic mass is 9.98. The van der Waals surface area contributed by atoms with Crippen molar-refractivity contribution in [2.45, 2.75) is 12.5 Å². The highest BCUT2D eigenvalue weighted by Crippen LogP contribution is 2.35. The van der Waals surface area contributed by atoms with Crippen molar-refractivity contribution in [3.8, 4) is 5.75 Å². The van der Waals surface area contributed by atoms with Crippen molar-refractivity contribution >= 4 is 34.8 Å². The third kappa shape index (κ3) is 4.14. The van der Waals surface area contributed by atoms with Crippen LogP contribution in [0, 0.1) is 0 Å². The Morgan fingerprint density at radius 1 is 0.931 bits per heavy atom. The van der Waals surface area contributed by atoms with Gasteiger partial charge in [0.05, 0.1) is 18.9 Å². The van der Waals surface area contributed by atoms with E-state index in [9.17, 15) is 4.79 Å². The number of halogens is 2. The van der Waals surface area contributed by atoms with Crippen LogP contribution in [0.2, 0.25) is 10.0 Å². The number of hydrogen-bond acceptors (Lipinski definition) is 3. The van der Waals surface area contributed by atoms with E-state index < -0.39 is 0 Å². The first kappa shape index (κ1) is 19.5. The largest absolute Gasteiger partial charge is 0.497 e. The number of amides is 1. The lowest BCUT2D eigenvalue weighted by Crippen LogP contribution is -2.27. The van der Waals surface area contributed by atoms with Crippen LogP contribution in [0.5, 0.6) is 5.75 Å². The molecule has 146 valence electrons. The van der Waals surface area contributed by atoms with Gasteiger partial charge >= 0.3 is 0 Å². The number of carbonyl (C=O) groups is 1. The van der Waals surface area contributed by atoms with Gasteiger partial charge in [0.15, 0.2) is 0 Å². The Hall–Kier alpha value is -2.82. The standard InChI is InChI=1S/C23H18Cl2N2O2/c1-29-20-12-6-16(7-13-20)22-14-21(15-2-8-18(24)9-3-15)26-27(22)23(28)17-4-10-19(25)11-5-17/h2-13,22H,14H2,1H3/t22-/m0/s1. The van der Waals surface area contributed by atoms with Crippen LogP contribution < -0.4 is 4.74 Å². The summed E-state index contributed by atoms with van der Waals surface area (Å²) in [6, 6.07) is 21.8. The molecule has 0 aromatic heterocycles. The molecule has 0 spiro atoms. The monoisotopic (exact) mass is 424 g/mol. The zero-order valence-electron chi connectivity index (χ0n) is 15.7. The summed E-state index contributed by atoms with van der Waals surface area (Å²) in [5.41, 5.74) is 3.30. The second-order valence-corrected chi connectivity index (χ2v) is 7.58. The minimum Gasteiger partial charge on any atom is -0.497 e. The number of hydrazone groups is 1. The highest BCUT2D eigenvalue weighted by molar-refractivity contribution is 6.31. The van der Waals surface area contributed by atoms with Gasteiger partial charge < -0.3 is 4.74 Å². The van der Waals surface area contributed by atoms with Crippen molar-refractivity contribution in [3.05, 3.63) is 99.5 Å². The summed E-state index contributed by atoms with van der Waals surface area (Å²) < 4.78 is 5.25. The molecular formula is C23H18Cl2N2O2. The highest BCUT2D eigenvalue weighted by atomic mass is 35.5. The summed E-state index contributed by atoms with van der Waals surface area (Å²) in [6.45, 7) is 0. The molecule has 1 amide bonds. The number of methoxy groups -OCH3 is 1. The molecular weight excluding hydrogens is 407 g/mol. The van der Waals surface area contributed by atoms with Crippen LogP contribution >= 0.6 is 23.2 Å². The van der Waals surface area contributed by atoms with Gasteiger partial charge in [-0.1, -0.05) is 47.5 Å². The topological polar surface area (TPSA) is 41.9 Å². The van der Waals surface area contributed by atoms with Crippen LogP contribution in [-0.2, 0) is 0 Å². The summed E-state index contributed by atoms with van der Waals surface area (Å²) in [4.78, 5) is 13.2. The van der Waals surface area contributed by atoms with Gasteiger partial charge in [-0.25, -0.2) is 5.01 Å². The number of hydrogen-bond donors (Lipinski definition) is 0. The average Bonchev–Trinajstić information content (AvgIpc) is 3.20. The van der Waals surface area contributed by atoms with Gasteiger partial charge in [-0.05, 0) is 59.7 Å². The van der Waals surface area contributed by atoms with Crippen LogP contribution in [0.1, 0.15) is 33.9 Å². The Bertz CT molecular complexity index is 1050. The van der Waals surface area contributed by atoms with Crippen LogP contribution in [0.25, 0.3) is 0 Å². The van der Waals surface area contributed by atoms with Gasteiger partial charge in [0.1, 0.15) is 5.75 Å². The van der Waals surface area contributed by atoms with Gasteiger partial charge in [0.2, 0.25) is 0 Å². The van der Waals surface area contributed by atoms with E-state index in [1.165, 1.54) is 0 Å². The summed E-state index contributed by atoms with van der Waals surface area (Å²) in [7, 11) is 1.63. The summed E-state index contributed by atoms with van der Waals surface area (Å²) in [5.74, 6) is 0.590. The molecule has 0 radical (unpaired) electrons. The smallest absolute Gasteiger partial charge is 0.274 e. The third-order valence-corrected chi connectivity index (χ3v) is 5.39. The van der Waals surface area contributed by atoms with Crippen LogP contribution in [0.15, 0.2) is 77.9 Å². The van der Waals surface area contributed by atoms with Crippen LogP contribution in [0.3, 0.4) is 0 Å². The van der Waals surface area contributed by atoms with E-state index in [2.05, 4.69) is 5.10 Å². The first-order valence-corrected chi connectivity index (χ1v) is 9.87. The molecule has 0 aliphatic carbocycles. The van der Waals surface area contributed by atoms with E-state index in [4.69, 9.17) is 27.9 Å². The van der Waals surface area contributed by atoms with Gasteiger partial charge in [0.25, 0.3) is 5.91 Å². The first-order chi connectivity index (χ1) is 14.0. The Morgan fingerprint density at radius 3 is 2.10 bits per heavy atom. The molecule has 1 heterocycles. The summed E-state index contributed by atoms with van der Waals surface area (Å²) in [6.07, 6.45) is 0.604.